The van der Waals surface area contributed by atoms with Crippen LogP contribution in [0.2, 0.25) is 5.15 Å². The van der Waals surface area contributed by atoms with E-state index in [1.807, 2.05) is 0 Å². The highest BCUT2D eigenvalue weighted by Crippen LogP contribution is 2.48. The number of hydrogen-bond acceptors (Lipinski definition) is 7. The van der Waals surface area contributed by atoms with E-state index < -0.39 is 30.1 Å². The van der Waals surface area contributed by atoms with Crippen molar-refractivity contribution in [2.24, 2.45) is 11.8 Å². The van der Waals surface area contributed by atoms with Gasteiger partial charge in [-0.2, -0.15) is 18.2 Å². The second-order valence-corrected chi connectivity index (χ2v) is 9.00. The molecule has 2 aliphatic heterocycles. The van der Waals surface area contributed by atoms with E-state index in [0.29, 0.717) is 25.0 Å². The Morgan fingerprint density at radius 3 is 2.79 bits per heavy atom. The molecule has 0 spiro atoms. The van der Waals surface area contributed by atoms with Gasteiger partial charge in [-0.25, -0.2) is 4.98 Å². The summed E-state index contributed by atoms with van der Waals surface area (Å²) in [4.78, 5) is 34.4. The SMILES string of the molecule is O=C(CN1c2nc(NC[C@H]3OC[C@@H]4CC43)cc(=O)n2CC[C@H]1C(F)(F)F)c1ccc(Cl)nc1. The van der Waals surface area contributed by atoms with Crippen molar-refractivity contribution in [1.29, 1.82) is 0 Å². The number of ketones is 1. The van der Waals surface area contributed by atoms with Crippen LogP contribution in [-0.2, 0) is 11.3 Å². The first kappa shape index (κ1) is 22.1. The number of pyridine rings is 1. The molecular formula is C21H21ClF3N5O3. The summed E-state index contributed by atoms with van der Waals surface area (Å²) < 4.78 is 48.4. The Bertz CT molecular complexity index is 1120. The number of ether oxygens (including phenoxy) is 1. The highest BCUT2D eigenvalue weighted by molar-refractivity contribution is 6.29. The van der Waals surface area contributed by atoms with Gasteiger partial charge in [0.25, 0.3) is 5.56 Å². The van der Waals surface area contributed by atoms with E-state index in [0.717, 1.165) is 11.3 Å². The van der Waals surface area contributed by atoms with Crippen molar-refractivity contribution >= 4 is 29.2 Å². The van der Waals surface area contributed by atoms with E-state index in [4.69, 9.17) is 16.3 Å². The van der Waals surface area contributed by atoms with Crippen LogP contribution in [0.15, 0.2) is 29.2 Å². The van der Waals surface area contributed by atoms with Crippen LogP contribution < -0.4 is 15.8 Å². The zero-order chi connectivity index (χ0) is 23.3. The van der Waals surface area contributed by atoms with E-state index in [9.17, 15) is 22.8 Å². The zero-order valence-corrected chi connectivity index (χ0v) is 18.1. The van der Waals surface area contributed by atoms with Gasteiger partial charge in [0.15, 0.2) is 5.78 Å². The molecule has 12 heteroatoms. The quantitative estimate of drug-likeness (QED) is 0.499. The van der Waals surface area contributed by atoms with Gasteiger partial charge in [-0.3, -0.25) is 14.2 Å². The lowest BCUT2D eigenvalue weighted by Gasteiger charge is -2.38. The van der Waals surface area contributed by atoms with E-state index in [-0.39, 0.29) is 41.6 Å². The van der Waals surface area contributed by atoms with Crippen molar-refractivity contribution in [3.8, 4) is 0 Å². The van der Waals surface area contributed by atoms with Crippen LogP contribution >= 0.6 is 11.6 Å². The lowest BCUT2D eigenvalue weighted by atomic mass is 10.1. The van der Waals surface area contributed by atoms with E-state index in [1.54, 1.807) is 0 Å². The summed E-state index contributed by atoms with van der Waals surface area (Å²) in [5, 5.41) is 3.20. The number of fused-ring (bicyclic) bond motifs is 2. The van der Waals surface area contributed by atoms with Crippen molar-refractivity contribution in [2.75, 3.05) is 29.9 Å². The number of halogens is 4. The van der Waals surface area contributed by atoms with Gasteiger partial charge in [0, 0.05) is 30.9 Å². The fraction of sp³-hybridized carbons (Fsp3) is 0.524. The fourth-order valence-electron chi connectivity index (χ4n) is 4.57. The Morgan fingerprint density at radius 1 is 1.33 bits per heavy atom. The molecule has 1 unspecified atom stereocenters. The number of alkyl halides is 3. The highest BCUT2D eigenvalue weighted by atomic mass is 35.5. The van der Waals surface area contributed by atoms with E-state index in [2.05, 4.69) is 15.3 Å². The Kier molecular flexibility index (Phi) is 5.56. The van der Waals surface area contributed by atoms with Crippen molar-refractivity contribution in [3.63, 3.8) is 0 Å². The number of rotatable bonds is 6. The third-order valence-electron chi connectivity index (χ3n) is 6.45. The fourth-order valence-corrected chi connectivity index (χ4v) is 4.68. The lowest BCUT2D eigenvalue weighted by Crippen LogP contribution is -2.54. The minimum Gasteiger partial charge on any atom is -0.376 e. The van der Waals surface area contributed by atoms with Gasteiger partial charge in [-0.1, -0.05) is 11.6 Å². The molecular weight excluding hydrogens is 463 g/mol. The van der Waals surface area contributed by atoms with Crippen LogP contribution in [0.5, 0.6) is 0 Å². The zero-order valence-electron chi connectivity index (χ0n) is 17.4. The first-order valence-electron chi connectivity index (χ1n) is 10.7. The summed E-state index contributed by atoms with van der Waals surface area (Å²) in [7, 11) is 0. The monoisotopic (exact) mass is 483 g/mol. The molecule has 1 saturated carbocycles. The molecule has 176 valence electrons. The second-order valence-electron chi connectivity index (χ2n) is 8.61. The maximum absolute atomic E-state index is 13.9. The number of anilines is 2. The molecule has 0 radical (unpaired) electrons. The molecule has 33 heavy (non-hydrogen) atoms. The molecule has 1 aliphatic carbocycles. The molecule has 0 bridgehead atoms. The summed E-state index contributed by atoms with van der Waals surface area (Å²) in [5.41, 5.74) is -0.364. The Labute approximate surface area is 191 Å². The van der Waals surface area contributed by atoms with Crippen LogP contribution in [0, 0.1) is 11.8 Å². The standard InChI is InChI=1S/C21H21ClF3N5O3/c22-17-2-1-11(7-26-17)14(31)9-30-16(21(23,24)25)3-4-29-19(32)6-18(28-20(29)30)27-8-15-13-5-12(13)10-33-15/h1-2,6-7,12-13,15-16,27H,3-5,8-10H2/t12-,13?,15+,16-/m0/s1. The largest absolute Gasteiger partial charge is 0.408 e. The number of aromatic nitrogens is 3. The average molecular weight is 484 g/mol. The molecule has 2 aromatic rings. The third-order valence-corrected chi connectivity index (χ3v) is 6.68. The molecule has 2 fully saturated rings. The molecule has 3 aliphatic rings. The molecule has 1 saturated heterocycles. The first-order valence-corrected chi connectivity index (χ1v) is 11.0. The smallest absolute Gasteiger partial charge is 0.376 e. The van der Waals surface area contributed by atoms with Crippen molar-refractivity contribution < 1.29 is 22.7 Å². The van der Waals surface area contributed by atoms with Crippen molar-refractivity contribution in [3.05, 3.63) is 45.5 Å². The van der Waals surface area contributed by atoms with Crippen molar-refractivity contribution in [2.45, 2.75) is 37.7 Å². The molecule has 0 amide bonds. The molecule has 1 N–H and O–H groups in total. The highest BCUT2D eigenvalue weighted by Gasteiger charge is 2.49. The number of hydrogen-bond donors (Lipinski definition) is 1. The number of nitrogens with zero attached hydrogens (tertiary/aromatic N) is 4. The van der Waals surface area contributed by atoms with Crippen LogP contribution in [0.25, 0.3) is 0 Å². The minimum atomic E-state index is -4.61. The van der Waals surface area contributed by atoms with Gasteiger partial charge in [-0.05, 0) is 36.8 Å². The number of nitrogens with one attached hydrogen (secondary N) is 1. The normalized spacial score (nSPS) is 26.0. The summed E-state index contributed by atoms with van der Waals surface area (Å²) in [5.74, 6) is 0.440. The molecule has 0 aromatic carbocycles. The van der Waals surface area contributed by atoms with E-state index in [1.165, 1.54) is 29.0 Å². The van der Waals surface area contributed by atoms with Gasteiger partial charge in [0.1, 0.15) is 17.0 Å². The Balaban J connectivity index is 1.43. The number of carbonyl (C=O) groups excluding carboxylic acids is 1. The third kappa shape index (κ3) is 4.43. The van der Waals surface area contributed by atoms with Gasteiger partial charge in [0.2, 0.25) is 5.95 Å². The molecule has 5 rings (SSSR count). The van der Waals surface area contributed by atoms with Crippen molar-refractivity contribution in [1.82, 2.24) is 14.5 Å². The number of Topliss-reactive ketones (excluding diaryl/α,β-unsaturated/α-hetero) is 1. The number of carbonyl (C=O) groups is 1. The van der Waals surface area contributed by atoms with Crippen LogP contribution in [0.4, 0.5) is 24.9 Å². The molecule has 4 heterocycles. The predicted octanol–water partition coefficient (Wildman–Crippen LogP) is 2.76. The molecule has 8 nitrogen and oxygen atoms in total. The van der Waals surface area contributed by atoms with Gasteiger partial charge >= 0.3 is 6.18 Å². The summed E-state index contributed by atoms with van der Waals surface area (Å²) in [6.07, 6.45) is -2.66. The Morgan fingerprint density at radius 2 is 2.15 bits per heavy atom. The molecule has 4 atom stereocenters. The minimum absolute atomic E-state index is 0.00593. The summed E-state index contributed by atoms with van der Waals surface area (Å²) in [6.45, 7) is 0.363. The van der Waals surface area contributed by atoms with Crippen LogP contribution in [0.3, 0.4) is 0 Å². The average Bonchev–Trinajstić information content (AvgIpc) is 3.44. The molecule has 2 aromatic heterocycles. The maximum atomic E-state index is 13.9. The van der Waals surface area contributed by atoms with Gasteiger partial charge in [0.05, 0.1) is 19.3 Å². The summed E-state index contributed by atoms with van der Waals surface area (Å²) >= 11 is 5.74. The van der Waals surface area contributed by atoms with Crippen LogP contribution in [-0.4, -0.2) is 58.3 Å². The first-order chi connectivity index (χ1) is 15.7. The van der Waals surface area contributed by atoms with Gasteiger partial charge < -0.3 is 15.0 Å². The topological polar surface area (TPSA) is 89.4 Å². The predicted molar refractivity (Wildman–Crippen MR) is 114 cm³/mol. The van der Waals surface area contributed by atoms with Crippen LogP contribution in [0.1, 0.15) is 23.2 Å². The van der Waals surface area contributed by atoms with Gasteiger partial charge in [-0.15, -0.1) is 0 Å². The summed E-state index contributed by atoms with van der Waals surface area (Å²) in [6, 6.07) is 2.10. The maximum Gasteiger partial charge on any atom is 0.408 e. The van der Waals surface area contributed by atoms with E-state index >= 15 is 0 Å². The lowest BCUT2D eigenvalue weighted by molar-refractivity contribution is -0.152. The second kappa shape index (κ2) is 8.28. The Hall–Kier alpha value is -2.66.